The highest BCUT2D eigenvalue weighted by Gasteiger charge is 2.30. The summed E-state index contributed by atoms with van der Waals surface area (Å²) in [6.45, 7) is 13.8. The van der Waals surface area contributed by atoms with Gasteiger partial charge in [-0.3, -0.25) is 24.6 Å². The SMILES string of the molecule is CC(=O)N1CCN(Cc2cccc(NC(=O)Nc3ccnc(C)c3)c2F)C[C@H]1C.Cc1cc(NC(=O)Nc2cccc(CN3CCN(C(=O)OCc4ccccc4)[C@H](C)C3)c2F)ccn1. The molecule has 0 unspecified atom stereocenters. The zero-order chi connectivity index (χ0) is 46.5. The van der Waals surface area contributed by atoms with Gasteiger partial charge in [-0.25, -0.2) is 23.2 Å². The van der Waals surface area contributed by atoms with Gasteiger partial charge in [0, 0.05) is 118 Å². The Morgan fingerprint density at radius 2 is 1.11 bits per heavy atom. The molecule has 0 spiro atoms. The topological polar surface area (TPSA) is 164 Å². The molecule has 15 nitrogen and oxygen atoms in total. The van der Waals surface area contributed by atoms with E-state index in [0.29, 0.717) is 74.9 Å². The number of carbonyl (C=O) groups excluding carboxylic acids is 4. The van der Waals surface area contributed by atoms with E-state index in [2.05, 4.69) is 41.0 Å². The summed E-state index contributed by atoms with van der Waals surface area (Å²) in [5.74, 6) is -0.865. The van der Waals surface area contributed by atoms with Crippen molar-refractivity contribution >= 4 is 46.8 Å². The van der Waals surface area contributed by atoms with Crippen LogP contribution in [-0.2, 0) is 29.2 Å². The van der Waals surface area contributed by atoms with Crippen molar-refractivity contribution < 1.29 is 32.7 Å². The third-order valence-electron chi connectivity index (χ3n) is 11.0. The molecule has 0 radical (unpaired) electrons. The molecule has 5 aromatic rings. The molecule has 2 saturated heterocycles. The van der Waals surface area contributed by atoms with Gasteiger partial charge < -0.3 is 35.8 Å². The minimum absolute atomic E-state index is 0.0601. The van der Waals surface area contributed by atoms with Crippen LogP contribution in [0.25, 0.3) is 0 Å². The maximum absolute atomic E-state index is 15.2. The Bertz CT molecular complexity index is 2440. The average Bonchev–Trinajstić information content (AvgIpc) is 3.26. The minimum Gasteiger partial charge on any atom is -0.445 e. The van der Waals surface area contributed by atoms with E-state index in [1.165, 1.54) is 12.1 Å². The van der Waals surface area contributed by atoms with Crippen molar-refractivity contribution in [1.82, 2.24) is 29.6 Å². The molecule has 2 aliphatic rings. The smallest absolute Gasteiger partial charge is 0.410 e. The van der Waals surface area contributed by atoms with Gasteiger partial charge in [-0.1, -0.05) is 54.6 Å². The van der Waals surface area contributed by atoms with Gasteiger partial charge in [0.15, 0.2) is 11.6 Å². The van der Waals surface area contributed by atoms with E-state index in [-0.39, 0.29) is 42.1 Å². The van der Waals surface area contributed by atoms with Crippen molar-refractivity contribution in [3.63, 3.8) is 0 Å². The normalized spacial score (nSPS) is 16.4. The molecule has 6 amide bonds. The van der Waals surface area contributed by atoms with Gasteiger partial charge in [0.25, 0.3) is 0 Å². The fraction of sp³-hybridized carbons (Fsp3) is 0.333. The van der Waals surface area contributed by atoms with Crippen LogP contribution in [0.3, 0.4) is 0 Å². The van der Waals surface area contributed by atoms with Gasteiger partial charge >= 0.3 is 18.2 Å². The van der Waals surface area contributed by atoms with Crippen molar-refractivity contribution in [2.75, 3.05) is 60.5 Å². The Kier molecular flexibility index (Phi) is 16.5. The lowest BCUT2D eigenvalue weighted by Gasteiger charge is -2.39. The number of amides is 6. The van der Waals surface area contributed by atoms with Crippen molar-refractivity contribution in [2.24, 2.45) is 0 Å². The molecule has 0 aliphatic carbocycles. The van der Waals surface area contributed by atoms with Crippen LogP contribution in [0.1, 0.15) is 48.8 Å². The standard InChI is InChI=1S/C27H30FN5O3.C21H26FN5O2/c1-19-15-23(11-12-29-19)30-26(34)31-24-10-6-9-22(25(24)28)17-32-13-14-33(20(2)16-32)27(35)36-18-21-7-4-3-5-8-21;1-14-11-18(7-8-23-14)24-21(29)25-19-6-4-5-17(20(19)22)13-26-9-10-27(16(3)28)15(2)12-26/h3-12,15,20H,13-14,16-18H2,1-2H3,(H2,29,30,31,34);4-8,11,15H,9-10,12-13H2,1-3H3,(H2,23,24,25,29)/t20-;15-/m11/s1. The summed E-state index contributed by atoms with van der Waals surface area (Å²) < 4.78 is 35.6. The van der Waals surface area contributed by atoms with E-state index in [1.807, 2.05) is 62.9 Å². The van der Waals surface area contributed by atoms with Crippen LogP contribution in [0.2, 0.25) is 0 Å². The number of piperazine rings is 2. The number of aromatic nitrogens is 2. The zero-order valence-electron chi connectivity index (χ0n) is 37.3. The molecule has 4 heterocycles. The van der Waals surface area contributed by atoms with Crippen LogP contribution >= 0.6 is 0 Å². The number of halogens is 2. The van der Waals surface area contributed by atoms with Gasteiger partial charge in [0.2, 0.25) is 5.91 Å². The molecule has 2 aliphatic heterocycles. The Morgan fingerprint density at radius 3 is 1.55 bits per heavy atom. The number of urea groups is 2. The minimum atomic E-state index is -0.534. The second-order valence-electron chi connectivity index (χ2n) is 16.2. The van der Waals surface area contributed by atoms with Crippen molar-refractivity contribution in [2.45, 2.75) is 66.4 Å². The van der Waals surface area contributed by atoms with Gasteiger partial charge in [0.05, 0.1) is 11.4 Å². The van der Waals surface area contributed by atoms with Crippen LogP contribution in [0.15, 0.2) is 103 Å². The highest BCUT2D eigenvalue weighted by molar-refractivity contribution is 6.00. The summed E-state index contributed by atoms with van der Waals surface area (Å²) in [6.07, 6.45) is 2.84. The van der Waals surface area contributed by atoms with Crippen molar-refractivity contribution in [3.05, 3.63) is 143 Å². The zero-order valence-corrected chi connectivity index (χ0v) is 37.3. The van der Waals surface area contributed by atoms with Crippen LogP contribution < -0.4 is 21.3 Å². The molecule has 0 bridgehead atoms. The largest absolute Gasteiger partial charge is 0.445 e. The second-order valence-corrected chi connectivity index (χ2v) is 16.2. The summed E-state index contributed by atoms with van der Waals surface area (Å²) >= 11 is 0. The van der Waals surface area contributed by atoms with E-state index in [4.69, 9.17) is 4.74 Å². The van der Waals surface area contributed by atoms with E-state index in [9.17, 15) is 23.6 Å². The molecule has 2 fully saturated rings. The van der Waals surface area contributed by atoms with Crippen LogP contribution in [0.4, 0.5) is 45.9 Å². The van der Waals surface area contributed by atoms with Gasteiger partial charge in [-0.05, 0) is 69.7 Å². The van der Waals surface area contributed by atoms with Gasteiger partial charge in [-0.2, -0.15) is 0 Å². The number of pyridine rings is 2. The molecular weight excluding hydrogens is 835 g/mol. The number of nitrogens with zero attached hydrogens (tertiary/aromatic N) is 6. The van der Waals surface area contributed by atoms with Crippen LogP contribution in [-0.4, -0.2) is 105 Å². The number of rotatable bonds is 10. The summed E-state index contributed by atoms with van der Waals surface area (Å²) in [4.78, 5) is 64.7. The fourth-order valence-electron chi connectivity index (χ4n) is 7.79. The first-order valence-corrected chi connectivity index (χ1v) is 21.5. The third kappa shape index (κ3) is 13.8. The van der Waals surface area contributed by atoms with E-state index in [1.54, 1.807) is 72.7 Å². The number of carbonyl (C=O) groups is 4. The van der Waals surface area contributed by atoms with E-state index >= 15 is 4.39 Å². The Morgan fingerprint density at radius 1 is 0.631 bits per heavy atom. The van der Waals surface area contributed by atoms with Crippen molar-refractivity contribution in [3.8, 4) is 0 Å². The molecule has 17 heteroatoms. The second kappa shape index (κ2) is 22.6. The number of hydrogen-bond donors (Lipinski definition) is 4. The third-order valence-corrected chi connectivity index (χ3v) is 11.0. The quantitative estimate of drug-likeness (QED) is 0.108. The maximum atomic E-state index is 15.2. The molecule has 2 atom stereocenters. The number of nitrogens with one attached hydrogen (secondary N) is 4. The van der Waals surface area contributed by atoms with Crippen LogP contribution in [0, 0.1) is 25.5 Å². The monoisotopic (exact) mass is 890 g/mol. The predicted octanol–water partition coefficient (Wildman–Crippen LogP) is 8.24. The van der Waals surface area contributed by atoms with E-state index in [0.717, 1.165) is 17.0 Å². The molecule has 65 heavy (non-hydrogen) atoms. The highest BCUT2D eigenvalue weighted by atomic mass is 19.1. The lowest BCUT2D eigenvalue weighted by molar-refractivity contribution is -0.133. The number of aryl methyl sites for hydroxylation is 2. The Labute approximate surface area is 378 Å². The number of hydrogen-bond acceptors (Lipinski definition) is 9. The number of anilines is 4. The number of benzene rings is 3. The molecule has 7 rings (SSSR count). The fourth-order valence-corrected chi connectivity index (χ4v) is 7.79. The van der Waals surface area contributed by atoms with E-state index < -0.39 is 23.7 Å². The lowest BCUT2D eigenvalue weighted by Crippen LogP contribution is -2.53. The first-order chi connectivity index (χ1) is 31.2. The van der Waals surface area contributed by atoms with Crippen LogP contribution in [0.5, 0.6) is 0 Å². The molecular formula is C48H56F2N10O5. The predicted molar refractivity (Wildman–Crippen MR) is 246 cm³/mol. The Balaban J connectivity index is 0.000000221. The van der Waals surface area contributed by atoms with Gasteiger partial charge in [-0.15, -0.1) is 0 Å². The molecule has 3 aromatic carbocycles. The molecule has 2 aromatic heterocycles. The highest BCUT2D eigenvalue weighted by Crippen LogP contribution is 2.24. The lowest BCUT2D eigenvalue weighted by atomic mass is 10.1. The molecule has 342 valence electrons. The average molecular weight is 891 g/mol. The first-order valence-electron chi connectivity index (χ1n) is 21.5. The number of ether oxygens (including phenoxy) is 1. The van der Waals surface area contributed by atoms with Gasteiger partial charge in [0.1, 0.15) is 6.61 Å². The summed E-state index contributed by atoms with van der Waals surface area (Å²) in [5, 5.41) is 10.5. The van der Waals surface area contributed by atoms with Crippen molar-refractivity contribution in [1.29, 1.82) is 0 Å². The molecule has 0 saturated carbocycles. The first kappa shape index (κ1) is 47.5. The Hall–Kier alpha value is -6.98. The summed E-state index contributed by atoms with van der Waals surface area (Å²) in [5.41, 5.74) is 4.84. The summed E-state index contributed by atoms with van der Waals surface area (Å²) in [7, 11) is 0. The molecule has 4 N–H and O–H groups in total. The summed E-state index contributed by atoms with van der Waals surface area (Å²) in [6, 6.07) is 25.2. The maximum Gasteiger partial charge on any atom is 0.410 e.